The van der Waals surface area contributed by atoms with Gasteiger partial charge in [-0.25, -0.2) is 0 Å². The average Bonchev–Trinajstić information content (AvgIpc) is 2.33. The Hall–Kier alpha value is -0.470. The lowest BCUT2D eigenvalue weighted by Crippen LogP contribution is -2.37. The number of benzene rings is 1. The highest BCUT2D eigenvalue weighted by atomic mass is 32.2. The summed E-state index contributed by atoms with van der Waals surface area (Å²) >= 11 is 2.00. The summed E-state index contributed by atoms with van der Waals surface area (Å²) in [6, 6.07) is 8.79. The van der Waals surface area contributed by atoms with Crippen molar-refractivity contribution in [2.45, 2.75) is 49.2 Å². The van der Waals surface area contributed by atoms with E-state index in [0.29, 0.717) is 4.75 Å². The maximum Gasteiger partial charge on any atom is 0.0329 e. The number of hydrogen-bond donors (Lipinski definition) is 1. The maximum absolute atomic E-state index is 6.05. The lowest BCUT2D eigenvalue weighted by atomic mass is 9.82. The molecule has 1 aliphatic rings. The third-order valence-corrected chi connectivity index (χ3v) is 5.38. The van der Waals surface area contributed by atoms with Gasteiger partial charge in [-0.15, -0.1) is 11.8 Å². The number of hydrogen-bond acceptors (Lipinski definition) is 2. The van der Waals surface area contributed by atoms with Gasteiger partial charge in [-0.3, -0.25) is 0 Å². The zero-order chi connectivity index (χ0) is 12.3. The second-order valence-electron chi connectivity index (χ2n) is 5.49. The van der Waals surface area contributed by atoms with Crippen LogP contribution in [0.5, 0.6) is 0 Å². The minimum Gasteiger partial charge on any atom is -0.329 e. The number of nitrogens with two attached hydrogens (primary N) is 1. The lowest BCUT2D eigenvalue weighted by molar-refractivity contribution is 0.323. The van der Waals surface area contributed by atoms with E-state index in [0.717, 1.165) is 12.5 Å². The SMILES string of the molecule is Cc1cccc(SC2(CN)CCC(C)CC2)c1. The van der Waals surface area contributed by atoms with Crippen LogP contribution in [0.4, 0.5) is 0 Å². The zero-order valence-electron chi connectivity index (χ0n) is 10.9. The van der Waals surface area contributed by atoms with Crippen LogP contribution in [0.2, 0.25) is 0 Å². The van der Waals surface area contributed by atoms with Crippen LogP contribution in [0.1, 0.15) is 38.2 Å². The van der Waals surface area contributed by atoms with Gasteiger partial charge < -0.3 is 5.73 Å². The summed E-state index contributed by atoms with van der Waals surface area (Å²) in [6.07, 6.45) is 5.19. The highest BCUT2D eigenvalue weighted by Crippen LogP contribution is 2.44. The van der Waals surface area contributed by atoms with Crippen LogP contribution >= 0.6 is 11.8 Å². The molecule has 1 nitrogen and oxygen atoms in total. The van der Waals surface area contributed by atoms with E-state index in [1.54, 1.807) is 0 Å². The van der Waals surface area contributed by atoms with Gasteiger partial charge in [0.05, 0.1) is 0 Å². The molecule has 0 aromatic heterocycles. The third kappa shape index (κ3) is 3.26. The normalized spacial score (nSPS) is 29.2. The van der Waals surface area contributed by atoms with Crippen molar-refractivity contribution in [1.29, 1.82) is 0 Å². The Morgan fingerprint density at radius 3 is 2.65 bits per heavy atom. The van der Waals surface area contributed by atoms with E-state index in [1.807, 2.05) is 11.8 Å². The highest BCUT2D eigenvalue weighted by molar-refractivity contribution is 8.00. The Kier molecular flexibility index (Phi) is 4.16. The second kappa shape index (κ2) is 5.45. The molecule has 1 aromatic carbocycles. The van der Waals surface area contributed by atoms with Crippen molar-refractivity contribution in [1.82, 2.24) is 0 Å². The van der Waals surface area contributed by atoms with E-state index in [4.69, 9.17) is 5.73 Å². The Morgan fingerprint density at radius 1 is 1.35 bits per heavy atom. The molecule has 2 N–H and O–H groups in total. The van der Waals surface area contributed by atoms with E-state index < -0.39 is 0 Å². The van der Waals surface area contributed by atoms with E-state index in [-0.39, 0.29) is 0 Å². The molecule has 2 heteroatoms. The smallest absolute Gasteiger partial charge is 0.0329 e. The van der Waals surface area contributed by atoms with Gasteiger partial charge in [-0.2, -0.15) is 0 Å². The van der Waals surface area contributed by atoms with Crippen LogP contribution in [0.15, 0.2) is 29.2 Å². The summed E-state index contributed by atoms with van der Waals surface area (Å²) in [4.78, 5) is 1.38. The fourth-order valence-corrected chi connectivity index (χ4v) is 3.98. The number of rotatable bonds is 3. The molecule has 1 fully saturated rings. The molecular weight excluding hydrogens is 226 g/mol. The van der Waals surface area contributed by atoms with E-state index in [9.17, 15) is 0 Å². The van der Waals surface area contributed by atoms with Gasteiger partial charge in [0.15, 0.2) is 0 Å². The topological polar surface area (TPSA) is 26.0 Å². The quantitative estimate of drug-likeness (QED) is 0.876. The molecule has 0 atom stereocenters. The minimum atomic E-state index is 0.292. The summed E-state index contributed by atoms with van der Waals surface area (Å²) in [7, 11) is 0. The van der Waals surface area contributed by atoms with Gasteiger partial charge in [-0.05, 0) is 50.7 Å². The van der Waals surface area contributed by atoms with Gasteiger partial charge in [0.1, 0.15) is 0 Å². The van der Waals surface area contributed by atoms with Crippen molar-refractivity contribution in [2.75, 3.05) is 6.54 Å². The minimum absolute atomic E-state index is 0.292. The van der Waals surface area contributed by atoms with Crippen LogP contribution in [0.25, 0.3) is 0 Å². The van der Waals surface area contributed by atoms with Crippen molar-refractivity contribution in [3.05, 3.63) is 29.8 Å². The largest absolute Gasteiger partial charge is 0.329 e. The van der Waals surface area contributed by atoms with Crippen LogP contribution in [0.3, 0.4) is 0 Å². The van der Waals surface area contributed by atoms with E-state index in [1.165, 1.54) is 36.1 Å². The molecular formula is C15H23NS. The molecule has 0 saturated heterocycles. The van der Waals surface area contributed by atoms with Crippen molar-refractivity contribution in [3.63, 3.8) is 0 Å². The third-order valence-electron chi connectivity index (χ3n) is 3.88. The molecule has 0 aliphatic heterocycles. The van der Waals surface area contributed by atoms with Gasteiger partial charge in [-0.1, -0.05) is 24.6 Å². The molecule has 94 valence electrons. The molecule has 1 saturated carbocycles. The Balaban J connectivity index is 2.09. The van der Waals surface area contributed by atoms with Crippen molar-refractivity contribution in [3.8, 4) is 0 Å². The average molecular weight is 249 g/mol. The molecule has 0 unspecified atom stereocenters. The molecule has 0 amide bonds. The Bertz CT molecular complexity index is 367. The maximum atomic E-state index is 6.05. The van der Waals surface area contributed by atoms with Gasteiger partial charge in [0.25, 0.3) is 0 Å². The molecule has 17 heavy (non-hydrogen) atoms. The van der Waals surface area contributed by atoms with Gasteiger partial charge in [0.2, 0.25) is 0 Å². The molecule has 2 rings (SSSR count). The Morgan fingerprint density at radius 2 is 2.06 bits per heavy atom. The first-order valence-electron chi connectivity index (χ1n) is 6.59. The lowest BCUT2D eigenvalue weighted by Gasteiger charge is -2.38. The molecule has 0 heterocycles. The Labute approximate surface area is 109 Å². The second-order valence-corrected chi connectivity index (χ2v) is 7.03. The summed E-state index contributed by atoms with van der Waals surface area (Å²) in [5, 5.41) is 0. The summed E-state index contributed by atoms with van der Waals surface area (Å²) < 4.78 is 0.292. The first-order valence-corrected chi connectivity index (χ1v) is 7.41. The first-order chi connectivity index (χ1) is 8.13. The zero-order valence-corrected chi connectivity index (χ0v) is 11.7. The molecule has 0 spiro atoms. The first kappa shape index (κ1) is 13.0. The van der Waals surface area contributed by atoms with Crippen molar-refractivity contribution < 1.29 is 0 Å². The van der Waals surface area contributed by atoms with E-state index >= 15 is 0 Å². The molecule has 0 radical (unpaired) electrons. The van der Waals surface area contributed by atoms with Crippen LogP contribution in [-0.4, -0.2) is 11.3 Å². The standard InChI is InChI=1S/C15H23NS/c1-12-6-8-15(11-16,9-7-12)17-14-5-3-4-13(2)10-14/h3-5,10,12H,6-9,11,16H2,1-2H3. The highest BCUT2D eigenvalue weighted by Gasteiger charge is 2.33. The summed E-state index contributed by atoms with van der Waals surface area (Å²) in [5.41, 5.74) is 7.39. The summed E-state index contributed by atoms with van der Waals surface area (Å²) in [6.45, 7) is 5.32. The fraction of sp³-hybridized carbons (Fsp3) is 0.600. The number of aryl methyl sites for hydroxylation is 1. The predicted molar refractivity (Wildman–Crippen MR) is 76.5 cm³/mol. The predicted octanol–water partition coefficient (Wildman–Crippen LogP) is 3.99. The van der Waals surface area contributed by atoms with Crippen molar-refractivity contribution in [2.24, 2.45) is 11.7 Å². The molecule has 1 aliphatic carbocycles. The van der Waals surface area contributed by atoms with Crippen LogP contribution < -0.4 is 5.73 Å². The van der Waals surface area contributed by atoms with Gasteiger partial charge in [0, 0.05) is 16.2 Å². The van der Waals surface area contributed by atoms with Crippen LogP contribution in [-0.2, 0) is 0 Å². The van der Waals surface area contributed by atoms with Crippen LogP contribution in [0, 0.1) is 12.8 Å². The number of thioether (sulfide) groups is 1. The van der Waals surface area contributed by atoms with Crippen molar-refractivity contribution >= 4 is 11.8 Å². The monoisotopic (exact) mass is 249 g/mol. The molecule has 1 aromatic rings. The fourth-order valence-electron chi connectivity index (χ4n) is 2.56. The van der Waals surface area contributed by atoms with E-state index in [2.05, 4.69) is 38.1 Å². The molecule has 0 bridgehead atoms. The summed E-state index contributed by atoms with van der Waals surface area (Å²) in [5.74, 6) is 0.882. The van der Waals surface area contributed by atoms with Gasteiger partial charge >= 0.3 is 0 Å².